The smallest absolute Gasteiger partial charge is 0.257 e. The molecule has 1 unspecified atom stereocenters. The first-order chi connectivity index (χ1) is 12.3. The monoisotopic (exact) mass is 384 g/mol. The molecule has 0 saturated carbocycles. The van der Waals surface area contributed by atoms with Gasteiger partial charge in [-0.15, -0.1) is 0 Å². The van der Waals surface area contributed by atoms with Gasteiger partial charge >= 0.3 is 0 Å². The van der Waals surface area contributed by atoms with E-state index in [4.69, 9.17) is 4.74 Å². The molecule has 146 valence electrons. The predicted octanol–water partition coefficient (Wildman–Crippen LogP) is 0.774. The molecule has 1 aromatic rings. The van der Waals surface area contributed by atoms with Crippen molar-refractivity contribution in [2.24, 2.45) is 7.05 Å². The van der Waals surface area contributed by atoms with Crippen LogP contribution in [0.2, 0.25) is 0 Å². The number of carbonyl (C=O) groups is 1. The van der Waals surface area contributed by atoms with E-state index < -0.39 is 10.0 Å². The summed E-state index contributed by atoms with van der Waals surface area (Å²) in [5.41, 5.74) is 1.41. The van der Waals surface area contributed by atoms with Crippen LogP contribution in [0.15, 0.2) is 6.20 Å². The first kappa shape index (κ1) is 19.3. The number of ether oxygens (including phenoxy) is 1. The molecule has 0 bridgehead atoms. The van der Waals surface area contributed by atoms with Gasteiger partial charge in [-0.2, -0.15) is 9.40 Å². The van der Waals surface area contributed by atoms with Crippen molar-refractivity contribution in [3.8, 4) is 0 Å². The van der Waals surface area contributed by atoms with E-state index in [1.54, 1.807) is 20.1 Å². The highest BCUT2D eigenvalue weighted by atomic mass is 32.2. The lowest BCUT2D eigenvalue weighted by Crippen LogP contribution is -2.55. The molecule has 1 atom stereocenters. The molecule has 2 aliphatic heterocycles. The molecular weight excluding hydrogens is 356 g/mol. The van der Waals surface area contributed by atoms with Crippen LogP contribution in [0.3, 0.4) is 0 Å². The van der Waals surface area contributed by atoms with Gasteiger partial charge in [0.1, 0.15) is 0 Å². The molecule has 2 saturated heterocycles. The number of likely N-dealkylation sites (tertiary alicyclic amines) is 1. The molecule has 9 heteroatoms. The maximum Gasteiger partial charge on any atom is 0.257 e. The fraction of sp³-hybridized carbons (Fsp3) is 0.765. The zero-order valence-electron chi connectivity index (χ0n) is 15.7. The summed E-state index contributed by atoms with van der Waals surface area (Å²) in [5, 5.41) is 4.15. The van der Waals surface area contributed by atoms with Crippen molar-refractivity contribution in [3.63, 3.8) is 0 Å². The molecule has 26 heavy (non-hydrogen) atoms. The van der Waals surface area contributed by atoms with Gasteiger partial charge in [-0.3, -0.25) is 9.48 Å². The van der Waals surface area contributed by atoms with Gasteiger partial charge in [0.05, 0.1) is 18.0 Å². The zero-order valence-corrected chi connectivity index (χ0v) is 16.5. The van der Waals surface area contributed by atoms with E-state index in [9.17, 15) is 13.2 Å². The Bertz CT molecular complexity index is 755. The van der Waals surface area contributed by atoms with Gasteiger partial charge in [0.15, 0.2) is 0 Å². The van der Waals surface area contributed by atoms with Crippen molar-refractivity contribution in [2.45, 2.75) is 44.7 Å². The molecule has 0 spiro atoms. The maximum atomic E-state index is 12.9. The summed E-state index contributed by atoms with van der Waals surface area (Å²) in [5.74, 6) is -0.0688. The largest absolute Gasteiger partial charge is 0.381 e. The van der Waals surface area contributed by atoms with Crippen molar-refractivity contribution in [1.29, 1.82) is 0 Å². The third-order valence-electron chi connectivity index (χ3n) is 5.44. The molecule has 2 fully saturated rings. The van der Waals surface area contributed by atoms with Crippen LogP contribution in [0, 0.1) is 6.92 Å². The van der Waals surface area contributed by atoms with E-state index in [0.29, 0.717) is 44.7 Å². The molecular formula is C17H28N4O4S. The Morgan fingerprint density at radius 3 is 2.54 bits per heavy atom. The number of rotatable bonds is 4. The minimum atomic E-state index is -3.36. The molecule has 0 aliphatic carbocycles. The van der Waals surface area contributed by atoms with Crippen molar-refractivity contribution in [2.75, 3.05) is 32.6 Å². The summed E-state index contributed by atoms with van der Waals surface area (Å²) in [4.78, 5) is 14.7. The molecule has 1 aromatic heterocycles. The molecule has 0 N–H and O–H groups in total. The number of hydrogen-bond acceptors (Lipinski definition) is 5. The Morgan fingerprint density at radius 1 is 1.27 bits per heavy atom. The summed E-state index contributed by atoms with van der Waals surface area (Å²) >= 11 is 0. The van der Waals surface area contributed by atoms with Gasteiger partial charge in [0.2, 0.25) is 10.0 Å². The van der Waals surface area contributed by atoms with Crippen LogP contribution >= 0.6 is 0 Å². The van der Waals surface area contributed by atoms with E-state index in [0.717, 1.165) is 18.5 Å². The second-order valence-corrected chi connectivity index (χ2v) is 9.14. The number of amides is 1. The van der Waals surface area contributed by atoms with Crippen LogP contribution < -0.4 is 0 Å². The van der Waals surface area contributed by atoms with Crippen LogP contribution in [0.4, 0.5) is 0 Å². The number of piperidine rings is 1. The molecule has 8 nitrogen and oxygen atoms in total. The number of carbonyl (C=O) groups excluding carboxylic acids is 1. The zero-order chi connectivity index (χ0) is 18.9. The van der Waals surface area contributed by atoms with Gasteiger partial charge in [-0.25, -0.2) is 8.42 Å². The fourth-order valence-electron chi connectivity index (χ4n) is 4.01. The second kappa shape index (κ2) is 7.66. The summed E-state index contributed by atoms with van der Waals surface area (Å²) in [7, 11) is -1.55. The minimum absolute atomic E-state index is 0.0427. The predicted molar refractivity (Wildman–Crippen MR) is 97.4 cm³/mol. The summed E-state index contributed by atoms with van der Waals surface area (Å²) in [6.45, 7) is 4.11. The van der Waals surface area contributed by atoms with Crippen LogP contribution in [0.25, 0.3) is 0 Å². The number of aromatic nitrogens is 2. The lowest BCUT2D eigenvalue weighted by molar-refractivity contribution is 0.0342. The third kappa shape index (κ3) is 3.94. The van der Waals surface area contributed by atoms with E-state index >= 15 is 0 Å². The quantitative estimate of drug-likeness (QED) is 0.766. The van der Waals surface area contributed by atoms with E-state index in [-0.39, 0.29) is 18.0 Å². The number of aryl methyl sites for hydroxylation is 1. The highest BCUT2D eigenvalue weighted by Gasteiger charge is 2.38. The molecule has 3 heterocycles. The van der Waals surface area contributed by atoms with Crippen molar-refractivity contribution in [1.82, 2.24) is 19.0 Å². The van der Waals surface area contributed by atoms with Gasteiger partial charge in [0, 0.05) is 51.1 Å². The Kier molecular flexibility index (Phi) is 5.69. The molecule has 3 rings (SSSR count). The van der Waals surface area contributed by atoms with Crippen LogP contribution in [-0.4, -0.2) is 78.0 Å². The van der Waals surface area contributed by atoms with E-state index in [2.05, 4.69) is 5.10 Å². The van der Waals surface area contributed by atoms with Crippen molar-refractivity contribution in [3.05, 3.63) is 17.5 Å². The first-order valence-electron chi connectivity index (χ1n) is 9.13. The summed E-state index contributed by atoms with van der Waals surface area (Å²) in [6.07, 6.45) is 5.85. The van der Waals surface area contributed by atoms with Crippen LogP contribution in [0.5, 0.6) is 0 Å². The summed E-state index contributed by atoms with van der Waals surface area (Å²) in [6, 6.07) is -0.221. The lowest BCUT2D eigenvalue weighted by Gasteiger charge is -2.42. The normalized spacial score (nSPS) is 22.8. The standard InChI is InChI=1S/C17H28N4O4S/c1-13-16(11-18-19(13)2)17(22)20-8-4-5-15(12-20)21(26(3,23)24)14-6-9-25-10-7-14/h11,14-15H,4-10,12H2,1-3H3. The highest BCUT2D eigenvalue weighted by molar-refractivity contribution is 7.88. The molecule has 2 aliphatic rings. The Balaban J connectivity index is 1.79. The Labute approximate surface area is 155 Å². The fourth-order valence-corrected chi connectivity index (χ4v) is 5.47. The topological polar surface area (TPSA) is 84.7 Å². The number of hydrogen-bond donors (Lipinski definition) is 0. The Hall–Kier alpha value is -1.45. The minimum Gasteiger partial charge on any atom is -0.381 e. The molecule has 0 aromatic carbocycles. The van der Waals surface area contributed by atoms with Crippen molar-refractivity contribution >= 4 is 15.9 Å². The lowest BCUT2D eigenvalue weighted by atomic mass is 10.0. The average Bonchev–Trinajstić information content (AvgIpc) is 2.93. The number of sulfonamides is 1. The first-order valence-corrected chi connectivity index (χ1v) is 11.0. The molecule has 0 radical (unpaired) electrons. The Morgan fingerprint density at radius 2 is 1.96 bits per heavy atom. The van der Waals surface area contributed by atoms with Crippen LogP contribution in [-0.2, 0) is 21.8 Å². The van der Waals surface area contributed by atoms with E-state index in [1.807, 2.05) is 14.0 Å². The second-order valence-electron chi connectivity index (χ2n) is 7.25. The van der Waals surface area contributed by atoms with E-state index in [1.165, 1.54) is 6.26 Å². The highest BCUT2D eigenvalue weighted by Crippen LogP contribution is 2.26. The third-order valence-corrected chi connectivity index (χ3v) is 6.81. The average molecular weight is 385 g/mol. The maximum absolute atomic E-state index is 12.9. The summed E-state index contributed by atoms with van der Waals surface area (Å²) < 4.78 is 33.7. The van der Waals surface area contributed by atoms with Gasteiger partial charge in [-0.05, 0) is 32.6 Å². The SMILES string of the molecule is Cc1c(C(=O)N2CCCC(N(C3CCOCC3)S(C)(=O)=O)C2)cnn1C. The van der Waals surface area contributed by atoms with Gasteiger partial charge in [0.25, 0.3) is 5.91 Å². The van der Waals surface area contributed by atoms with Gasteiger partial charge < -0.3 is 9.64 Å². The molecule has 1 amide bonds. The van der Waals surface area contributed by atoms with Crippen LogP contribution in [0.1, 0.15) is 41.7 Å². The van der Waals surface area contributed by atoms with Crippen molar-refractivity contribution < 1.29 is 17.9 Å². The number of nitrogens with zero attached hydrogens (tertiary/aromatic N) is 4. The van der Waals surface area contributed by atoms with Gasteiger partial charge in [-0.1, -0.05) is 0 Å².